The molecule has 0 unspecified atom stereocenters. The maximum Gasteiger partial charge on any atom is 0.0308 e. The lowest BCUT2D eigenvalue weighted by Gasteiger charge is -2.38. The summed E-state index contributed by atoms with van der Waals surface area (Å²) in [4.78, 5) is 0. The smallest absolute Gasteiger partial charge is 0.0308 e. The Hall–Kier alpha value is 0.217. The highest BCUT2D eigenvalue weighted by Crippen LogP contribution is 2.42. The van der Waals surface area contributed by atoms with Crippen molar-refractivity contribution in [2.24, 2.45) is 17.8 Å². The van der Waals surface area contributed by atoms with Crippen LogP contribution in [-0.4, -0.2) is 8.80 Å². The molecule has 0 aromatic carbocycles. The average molecular weight is 253 g/mol. The van der Waals surface area contributed by atoms with Gasteiger partial charge in [-0.1, -0.05) is 83.3 Å². The maximum absolute atomic E-state index is 2.57. The Bertz CT molecular complexity index is 182. The highest BCUT2D eigenvalue weighted by molar-refractivity contribution is 6.55. The first-order valence-electron chi connectivity index (χ1n) is 8.27. The highest BCUT2D eigenvalue weighted by atomic mass is 28.3. The fraction of sp³-hybridized carbons (Fsp3) is 1.00. The van der Waals surface area contributed by atoms with Crippen LogP contribution in [0.2, 0.25) is 19.1 Å². The van der Waals surface area contributed by atoms with Crippen molar-refractivity contribution in [3.63, 3.8) is 0 Å². The van der Waals surface area contributed by atoms with Crippen LogP contribution in [0.1, 0.15) is 64.2 Å². The van der Waals surface area contributed by atoms with Crippen molar-refractivity contribution < 1.29 is 0 Å². The average Bonchev–Trinajstić information content (AvgIpc) is 2.38. The molecule has 1 heteroatoms. The number of hydrogen-bond donors (Lipinski definition) is 0. The molecule has 17 heavy (non-hydrogen) atoms. The lowest BCUT2D eigenvalue weighted by Crippen LogP contribution is -2.29. The summed E-state index contributed by atoms with van der Waals surface area (Å²) in [5.41, 5.74) is 0. The first-order chi connectivity index (χ1) is 8.27. The molecule has 0 aromatic rings. The summed E-state index contributed by atoms with van der Waals surface area (Å²) in [5, 5.41) is 0. The predicted molar refractivity (Wildman–Crippen MR) is 80.3 cm³/mol. The molecule has 0 aliphatic heterocycles. The Kier molecular flexibility index (Phi) is 5.59. The molecule has 2 saturated carbocycles. The maximum atomic E-state index is 2.57. The zero-order valence-electron chi connectivity index (χ0n) is 12.1. The van der Waals surface area contributed by atoms with E-state index in [1.165, 1.54) is 38.5 Å². The van der Waals surface area contributed by atoms with Crippen LogP contribution in [0.5, 0.6) is 0 Å². The Morgan fingerprint density at radius 3 is 1.53 bits per heavy atom. The summed E-state index contributed by atoms with van der Waals surface area (Å²) in [7, 11) is -0.370. The lowest BCUT2D eigenvalue weighted by atomic mass is 9.70. The zero-order valence-corrected chi connectivity index (χ0v) is 13.2. The van der Waals surface area contributed by atoms with E-state index < -0.39 is 0 Å². The van der Waals surface area contributed by atoms with E-state index in [1.54, 1.807) is 31.7 Å². The van der Waals surface area contributed by atoms with Crippen molar-refractivity contribution in [2.45, 2.75) is 83.3 Å². The van der Waals surface area contributed by atoms with Crippen molar-refractivity contribution in [1.29, 1.82) is 0 Å². The molecular weight excluding hydrogens is 220 g/mol. The Morgan fingerprint density at radius 1 is 0.765 bits per heavy atom. The van der Waals surface area contributed by atoms with E-state index in [1.807, 2.05) is 0 Å². The van der Waals surface area contributed by atoms with Crippen LogP contribution in [0.3, 0.4) is 0 Å². The molecule has 100 valence electrons. The molecule has 0 atom stereocenters. The van der Waals surface area contributed by atoms with E-state index in [-0.39, 0.29) is 8.80 Å². The molecule has 0 aromatic heterocycles. The van der Waals surface area contributed by atoms with Crippen molar-refractivity contribution in [1.82, 2.24) is 0 Å². The summed E-state index contributed by atoms with van der Waals surface area (Å²) >= 11 is 0. The van der Waals surface area contributed by atoms with Crippen LogP contribution in [0.15, 0.2) is 0 Å². The van der Waals surface area contributed by atoms with Gasteiger partial charge in [-0.3, -0.25) is 0 Å². The van der Waals surface area contributed by atoms with Gasteiger partial charge in [-0.15, -0.1) is 0 Å². The summed E-state index contributed by atoms with van der Waals surface area (Å²) in [5.74, 6) is 3.39. The minimum absolute atomic E-state index is 0.370. The molecule has 0 amide bonds. The van der Waals surface area contributed by atoms with Crippen LogP contribution in [0.4, 0.5) is 0 Å². The van der Waals surface area contributed by atoms with Crippen LogP contribution in [0.25, 0.3) is 0 Å². The van der Waals surface area contributed by atoms with Gasteiger partial charge in [0.2, 0.25) is 0 Å². The van der Waals surface area contributed by atoms with Gasteiger partial charge in [-0.2, -0.15) is 0 Å². The van der Waals surface area contributed by atoms with Gasteiger partial charge in [0, 0.05) is 8.80 Å². The second kappa shape index (κ2) is 6.97. The quantitative estimate of drug-likeness (QED) is 0.599. The Balaban J connectivity index is 1.95. The summed E-state index contributed by atoms with van der Waals surface area (Å²) in [6, 6.07) is 1.65. The fourth-order valence-corrected chi connectivity index (χ4v) is 6.30. The second-order valence-corrected chi connectivity index (χ2v) is 10.3. The summed E-state index contributed by atoms with van der Waals surface area (Å²) < 4.78 is 0. The molecule has 2 rings (SSSR count). The van der Waals surface area contributed by atoms with Gasteiger partial charge in [0.05, 0.1) is 0 Å². The first-order valence-corrected chi connectivity index (χ1v) is 11.4. The van der Waals surface area contributed by atoms with Gasteiger partial charge < -0.3 is 0 Å². The molecule has 2 aliphatic carbocycles. The second-order valence-electron chi connectivity index (χ2n) is 7.09. The third-order valence-corrected chi connectivity index (χ3v) is 6.74. The van der Waals surface area contributed by atoms with Crippen LogP contribution in [-0.2, 0) is 0 Å². The number of hydrogen-bond acceptors (Lipinski definition) is 0. The molecule has 0 bridgehead atoms. The van der Waals surface area contributed by atoms with Gasteiger partial charge in [0.15, 0.2) is 0 Å². The minimum atomic E-state index is -0.370. The van der Waals surface area contributed by atoms with Gasteiger partial charge in [-0.05, 0) is 17.8 Å². The Morgan fingerprint density at radius 2 is 1.18 bits per heavy atom. The van der Waals surface area contributed by atoms with E-state index >= 15 is 0 Å². The van der Waals surface area contributed by atoms with Crippen LogP contribution in [0, 0.1) is 17.8 Å². The highest BCUT2D eigenvalue weighted by Gasteiger charge is 2.31. The standard InChI is InChI=1S/C16H32Si/c1-17(2)13-16(14-9-5-3-6-10-14)15-11-7-4-8-12-15/h14-17H,3-13H2,1-2H3. The molecule has 0 N–H and O–H groups in total. The van der Waals surface area contributed by atoms with Gasteiger partial charge in [-0.25, -0.2) is 0 Å². The summed E-state index contributed by atoms with van der Waals surface area (Å²) in [6.45, 7) is 5.14. The number of rotatable bonds is 4. The third-order valence-electron chi connectivity index (χ3n) is 5.25. The topological polar surface area (TPSA) is 0 Å². The van der Waals surface area contributed by atoms with E-state index in [9.17, 15) is 0 Å². The van der Waals surface area contributed by atoms with Gasteiger partial charge in [0.1, 0.15) is 0 Å². The lowest BCUT2D eigenvalue weighted by molar-refractivity contribution is 0.158. The van der Waals surface area contributed by atoms with Crippen molar-refractivity contribution in [3.8, 4) is 0 Å². The third kappa shape index (κ3) is 4.12. The van der Waals surface area contributed by atoms with Crippen molar-refractivity contribution in [3.05, 3.63) is 0 Å². The van der Waals surface area contributed by atoms with E-state index in [2.05, 4.69) is 13.1 Å². The van der Waals surface area contributed by atoms with E-state index in [4.69, 9.17) is 0 Å². The largest absolute Gasteiger partial charge is 0.0722 e. The van der Waals surface area contributed by atoms with Crippen molar-refractivity contribution >= 4 is 8.80 Å². The van der Waals surface area contributed by atoms with Crippen molar-refractivity contribution in [2.75, 3.05) is 0 Å². The normalized spacial score (nSPS) is 24.7. The van der Waals surface area contributed by atoms with Gasteiger partial charge >= 0.3 is 0 Å². The molecule has 2 aliphatic rings. The molecule has 0 nitrogen and oxygen atoms in total. The van der Waals surface area contributed by atoms with Crippen LogP contribution < -0.4 is 0 Å². The Labute approximate surface area is 110 Å². The fourth-order valence-electron chi connectivity index (χ4n) is 4.44. The molecule has 0 heterocycles. The SMILES string of the molecule is C[SiH](C)CC(C1CCCCC1)C1CCCCC1. The predicted octanol–water partition coefficient (Wildman–Crippen LogP) is 5.25. The first kappa shape index (κ1) is 13.6. The summed E-state index contributed by atoms with van der Waals surface area (Å²) in [6.07, 6.45) is 15.5. The minimum Gasteiger partial charge on any atom is -0.0722 e. The monoisotopic (exact) mass is 252 g/mol. The molecule has 2 fully saturated rings. The van der Waals surface area contributed by atoms with E-state index in [0.29, 0.717) is 0 Å². The van der Waals surface area contributed by atoms with Crippen LogP contribution >= 0.6 is 0 Å². The molecule has 0 spiro atoms. The van der Waals surface area contributed by atoms with E-state index in [0.717, 1.165) is 17.8 Å². The molecule has 0 saturated heterocycles. The molecule has 0 radical (unpaired) electrons. The molecular formula is C16H32Si. The van der Waals surface area contributed by atoms with Gasteiger partial charge in [0.25, 0.3) is 0 Å². The zero-order chi connectivity index (χ0) is 12.1.